The molecule has 0 aromatic carbocycles. The standard InChI is InChI=1S/C11H20N4S/c1-15(11-4-2-3-5-11)7-6-12-8-10-9-16-14-13-10/h9,11-12H,2-8H2,1H3. The molecule has 1 aromatic rings. The van der Waals surface area contributed by atoms with Gasteiger partial charge in [-0.15, -0.1) is 5.10 Å². The Balaban J connectivity index is 1.57. The summed E-state index contributed by atoms with van der Waals surface area (Å²) in [6.45, 7) is 3.00. The molecule has 1 aliphatic carbocycles. The number of likely N-dealkylation sites (N-methyl/N-ethyl adjacent to an activating group) is 1. The minimum atomic E-state index is 0.822. The lowest BCUT2D eigenvalue weighted by atomic mass is 10.2. The molecule has 1 saturated carbocycles. The molecule has 1 N–H and O–H groups in total. The van der Waals surface area contributed by atoms with Crippen LogP contribution in [0.2, 0.25) is 0 Å². The summed E-state index contributed by atoms with van der Waals surface area (Å²) in [5.74, 6) is 0. The molecule has 0 saturated heterocycles. The zero-order chi connectivity index (χ0) is 11.2. The van der Waals surface area contributed by atoms with Crippen LogP contribution in [-0.2, 0) is 6.54 Å². The van der Waals surface area contributed by atoms with Crippen molar-refractivity contribution in [3.63, 3.8) is 0 Å². The molecule has 16 heavy (non-hydrogen) atoms. The second-order valence-electron chi connectivity index (χ2n) is 4.49. The Morgan fingerprint density at radius 1 is 1.50 bits per heavy atom. The highest BCUT2D eigenvalue weighted by Gasteiger charge is 2.18. The molecular weight excluding hydrogens is 220 g/mol. The first-order valence-corrected chi connectivity index (χ1v) is 6.87. The Hall–Kier alpha value is -0.520. The van der Waals surface area contributed by atoms with Crippen molar-refractivity contribution >= 4 is 11.5 Å². The normalized spacial score (nSPS) is 17.4. The summed E-state index contributed by atoms with van der Waals surface area (Å²) in [6, 6.07) is 0.822. The molecule has 0 unspecified atom stereocenters. The summed E-state index contributed by atoms with van der Waals surface area (Å²) in [7, 11) is 2.24. The average molecular weight is 240 g/mol. The average Bonchev–Trinajstić information content (AvgIpc) is 2.96. The third-order valence-electron chi connectivity index (χ3n) is 3.30. The molecule has 1 aromatic heterocycles. The zero-order valence-corrected chi connectivity index (χ0v) is 10.7. The Morgan fingerprint density at radius 3 is 3.00 bits per heavy atom. The summed E-state index contributed by atoms with van der Waals surface area (Å²) in [5, 5.41) is 9.40. The van der Waals surface area contributed by atoms with E-state index >= 15 is 0 Å². The van der Waals surface area contributed by atoms with Crippen molar-refractivity contribution in [2.24, 2.45) is 0 Å². The van der Waals surface area contributed by atoms with E-state index in [1.165, 1.54) is 37.2 Å². The van der Waals surface area contributed by atoms with Gasteiger partial charge in [0, 0.05) is 31.1 Å². The van der Waals surface area contributed by atoms with Gasteiger partial charge in [-0.05, 0) is 31.4 Å². The molecule has 1 fully saturated rings. The largest absolute Gasteiger partial charge is 0.310 e. The van der Waals surface area contributed by atoms with Crippen molar-refractivity contribution < 1.29 is 0 Å². The lowest BCUT2D eigenvalue weighted by Crippen LogP contribution is -2.35. The van der Waals surface area contributed by atoms with Gasteiger partial charge >= 0.3 is 0 Å². The van der Waals surface area contributed by atoms with Gasteiger partial charge in [0.05, 0.1) is 5.69 Å². The van der Waals surface area contributed by atoms with Crippen molar-refractivity contribution in [2.45, 2.75) is 38.3 Å². The van der Waals surface area contributed by atoms with Crippen molar-refractivity contribution in [1.29, 1.82) is 0 Å². The highest BCUT2D eigenvalue weighted by Crippen LogP contribution is 2.21. The van der Waals surface area contributed by atoms with Crippen LogP contribution in [0.5, 0.6) is 0 Å². The first-order valence-electron chi connectivity index (χ1n) is 6.03. The summed E-state index contributed by atoms with van der Waals surface area (Å²) in [5.41, 5.74) is 1.05. The molecule has 4 nitrogen and oxygen atoms in total. The number of nitrogens with one attached hydrogen (secondary N) is 1. The van der Waals surface area contributed by atoms with E-state index in [9.17, 15) is 0 Å². The van der Waals surface area contributed by atoms with Crippen LogP contribution in [0, 0.1) is 0 Å². The zero-order valence-electron chi connectivity index (χ0n) is 9.85. The SMILES string of the molecule is CN(CCNCc1csnn1)C1CCCC1. The van der Waals surface area contributed by atoms with Gasteiger partial charge in [-0.2, -0.15) is 0 Å². The highest BCUT2D eigenvalue weighted by molar-refractivity contribution is 7.03. The van der Waals surface area contributed by atoms with Crippen LogP contribution in [0.1, 0.15) is 31.4 Å². The monoisotopic (exact) mass is 240 g/mol. The molecule has 0 amide bonds. The predicted octanol–water partition coefficient (Wildman–Crippen LogP) is 1.50. The highest BCUT2D eigenvalue weighted by atomic mass is 32.1. The van der Waals surface area contributed by atoms with Crippen LogP contribution in [0.3, 0.4) is 0 Å². The molecule has 1 heterocycles. The minimum Gasteiger partial charge on any atom is -0.310 e. The quantitative estimate of drug-likeness (QED) is 0.765. The number of nitrogens with zero attached hydrogens (tertiary/aromatic N) is 3. The van der Waals surface area contributed by atoms with Crippen LogP contribution < -0.4 is 5.32 Å². The van der Waals surface area contributed by atoms with Gasteiger partial charge in [0.2, 0.25) is 0 Å². The fraction of sp³-hybridized carbons (Fsp3) is 0.818. The van der Waals surface area contributed by atoms with Gasteiger partial charge in [-0.1, -0.05) is 17.3 Å². The van der Waals surface area contributed by atoms with Crippen LogP contribution >= 0.6 is 11.5 Å². The molecule has 0 bridgehead atoms. The van der Waals surface area contributed by atoms with E-state index in [-0.39, 0.29) is 0 Å². The molecule has 0 atom stereocenters. The minimum absolute atomic E-state index is 0.822. The third-order valence-corrected chi connectivity index (χ3v) is 3.85. The number of hydrogen-bond acceptors (Lipinski definition) is 5. The Labute approximate surface area is 101 Å². The molecule has 2 rings (SSSR count). The number of hydrogen-bond donors (Lipinski definition) is 1. The second-order valence-corrected chi connectivity index (χ2v) is 5.10. The Bertz CT molecular complexity index is 282. The molecular formula is C11H20N4S. The van der Waals surface area contributed by atoms with Crippen LogP contribution in [0.15, 0.2) is 5.38 Å². The third kappa shape index (κ3) is 3.50. The maximum Gasteiger partial charge on any atom is 0.0893 e. The van der Waals surface area contributed by atoms with Gasteiger partial charge < -0.3 is 10.2 Å². The van der Waals surface area contributed by atoms with Crippen molar-refractivity contribution in [3.05, 3.63) is 11.1 Å². The van der Waals surface area contributed by atoms with Gasteiger partial charge in [0.25, 0.3) is 0 Å². The molecule has 5 heteroatoms. The Morgan fingerprint density at radius 2 is 2.31 bits per heavy atom. The number of rotatable bonds is 6. The molecule has 0 radical (unpaired) electrons. The first kappa shape index (κ1) is 12.0. The predicted molar refractivity (Wildman–Crippen MR) is 66.5 cm³/mol. The van der Waals surface area contributed by atoms with Crippen molar-refractivity contribution in [1.82, 2.24) is 19.8 Å². The fourth-order valence-corrected chi connectivity index (χ4v) is 2.71. The first-order chi connectivity index (χ1) is 7.86. The van der Waals surface area contributed by atoms with Crippen LogP contribution in [0.25, 0.3) is 0 Å². The van der Waals surface area contributed by atoms with Gasteiger partial charge in [-0.25, -0.2) is 0 Å². The summed E-state index contributed by atoms with van der Waals surface area (Å²) in [4.78, 5) is 2.49. The van der Waals surface area contributed by atoms with E-state index in [1.807, 2.05) is 5.38 Å². The summed E-state index contributed by atoms with van der Waals surface area (Å²) < 4.78 is 3.84. The van der Waals surface area contributed by atoms with E-state index in [0.717, 1.165) is 31.4 Å². The summed E-state index contributed by atoms with van der Waals surface area (Å²) >= 11 is 1.41. The summed E-state index contributed by atoms with van der Waals surface area (Å²) in [6.07, 6.45) is 5.58. The maximum atomic E-state index is 4.00. The van der Waals surface area contributed by atoms with E-state index in [1.54, 1.807) is 0 Å². The molecule has 90 valence electrons. The smallest absolute Gasteiger partial charge is 0.0893 e. The molecule has 1 aliphatic rings. The topological polar surface area (TPSA) is 41.0 Å². The van der Waals surface area contributed by atoms with E-state index in [2.05, 4.69) is 26.9 Å². The van der Waals surface area contributed by atoms with E-state index < -0.39 is 0 Å². The number of aromatic nitrogens is 2. The second kappa shape index (κ2) is 6.27. The van der Waals surface area contributed by atoms with Crippen molar-refractivity contribution in [3.8, 4) is 0 Å². The van der Waals surface area contributed by atoms with E-state index in [0.29, 0.717) is 0 Å². The lowest BCUT2D eigenvalue weighted by Gasteiger charge is -2.23. The van der Waals surface area contributed by atoms with Crippen LogP contribution in [-0.4, -0.2) is 40.7 Å². The lowest BCUT2D eigenvalue weighted by molar-refractivity contribution is 0.245. The van der Waals surface area contributed by atoms with Crippen molar-refractivity contribution in [2.75, 3.05) is 20.1 Å². The maximum absolute atomic E-state index is 4.00. The van der Waals surface area contributed by atoms with E-state index in [4.69, 9.17) is 0 Å². The van der Waals surface area contributed by atoms with Gasteiger partial charge in [0.1, 0.15) is 0 Å². The van der Waals surface area contributed by atoms with Gasteiger partial charge in [0.15, 0.2) is 0 Å². The van der Waals surface area contributed by atoms with Crippen LogP contribution in [0.4, 0.5) is 0 Å². The van der Waals surface area contributed by atoms with Gasteiger partial charge in [-0.3, -0.25) is 0 Å². The Kier molecular flexibility index (Phi) is 4.69. The fourth-order valence-electron chi connectivity index (χ4n) is 2.26. The molecule has 0 spiro atoms. The molecule has 0 aliphatic heterocycles.